The number of thioether (sulfide) groups is 1. The molecule has 1 aliphatic rings. The second-order valence-electron chi connectivity index (χ2n) is 3.48. The van der Waals surface area contributed by atoms with Crippen LogP contribution in [0.15, 0.2) is 24.3 Å². The van der Waals surface area contributed by atoms with Crippen LogP contribution in [0.2, 0.25) is 0 Å². The number of amides is 1. The second-order valence-corrected chi connectivity index (χ2v) is 4.58. The van der Waals surface area contributed by atoms with E-state index in [1.165, 1.54) is 0 Å². The van der Waals surface area contributed by atoms with Gasteiger partial charge in [-0.25, -0.2) is 0 Å². The predicted molar refractivity (Wildman–Crippen MR) is 63.3 cm³/mol. The number of carbonyl (C=O) groups is 3. The Bertz CT molecular complexity index is 500. The van der Waals surface area contributed by atoms with Gasteiger partial charge in [0, 0.05) is 5.56 Å². The van der Waals surface area contributed by atoms with Gasteiger partial charge in [-0.2, -0.15) is 0 Å². The average molecular weight is 251 g/mol. The highest BCUT2D eigenvalue weighted by Gasteiger charge is 2.34. The number of Topliss-reactive ketones (excluding diaryl/α,β-unsaturated/α-hetero) is 1. The van der Waals surface area contributed by atoms with Crippen LogP contribution in [0.1, 0.15) is 10.4 Å². The highest BCUT2D eigenvalue weighted by Crippen LogP contribution is 2.27. The molecule has 0 saturated carbocycles. The Hall–Kier alpha value is -1.82. The zero-order valence-electron chi connectivity index (χ0n) is 8.67. The predicted octanol–water partition coefficient (Wildman–Crippen LogP) is 1.01. The zero-order chi connectivity index (χ0) is 12.4. The molecule has 1 atom stereocenters. The minimum Gasteiger partial charge on any atom is -0.481 e. The summed E-state index contributed by atoms with van der Waals surface area (Å²) in [6.07, 6.45) is 0. The lowest BCUT2D eigenvalue weighted by molar-refractivity contribution is -0.133. The summed E-state index contributed by atoms with van der Waals surface area (Å²) >= 11 is 0.824. The van der Waals surface area contributed by atoms with E-state index in [1.807, 2.05) is 0 Å². The van der Waals surface area contributed by atoms with Crippen molar-refractivity contribution in [3.8, 4) is 0 Å². The number of aliphatic carboxylic acids is 1. The average Bonchev–Trinajstić information content (AvgIpc) is 2.28. The summed E-state index contributed by atoms with van der Waals surface area (Å²) in [6, 6.07) is 6.68. The molecule has 2 rings (SSSR count). The van der Waals surface area contributed by atoms with Crippen molar-refractivity contribution in [1.82, 2.24) is 0 Å². The van der Waals surface area contributed by atoms with E-state index in [4.69, 9.17) is 5.11 Å². The van der Waals surface area contributed by atoms with Crippen molar-refractivity contribution in [2.75, 3.05) is 11.1 Å². The maximum absolute atomic E-state index is 12.0. The van der Waals surface area contributed by atoms with Crippen LogP contribution in [0.25, 0.3) is 0 Å². The van der Waals surface area contributed by atoms with Gasteiger partial charge in [-0.3, -0.25) is 14.4 Å². The van der Waals surface area contributed by atoms with Crippen molar-refractivity contribution in [3.63, 3.8) is 0 Å². The fourth-order valence-corrected chi connectivity index (χ4v) is 2.37. The van der Waals surface area contributed by atoms with Crippen LogP contribution in [-0.2, 0) is 9.59 Å². The number of hydrogen-bond donors (Lipinski definition) is 2. The van der Waals surface area contributed by atoms with Crippen LogP contribution < -0.4 is 5.32 Å². The SMILES string of the molecule is O=C(O)CSC1C(=O)Nc2ccccc2C1=O. The second kappa shape index (κ2) is 4.58. The molecule has 5 nitrogen and oxygen atoms in total. The highest BCUT2D eigenvalue weighted by molar-refractivity contribution is 8.02. The first-order valence-corrected chi connectivity index (χ1v) is 5.92. The number of carbonyl (C=O) groups excluding carboxylic acids is 2. The normalized spacial score (nSPS) is 18.5. The Balaban J connectivity index is 2.24. The first kappa shape index (κ1) is 11.7. The van der Waals surface area contributed by atoms with Gasteiger partial charge in [-0.1, -0.05) is 12.1 Å². The Morgan fingerprint density at radius 2 is 2.06 bits per heavy atom. The molecule has 17 heavy (non-hydrogen) atoms. The number of para-hydroxylation sites is 1. The highest BCUT2D eigenvalue weighted by atomic mass is 32.2. The number of benzene rings is 1. The van der Waals surface area contributed by atoms with E-state index >= 15 is 0 Å². The lowest BCUT2D eigenvalue weighted by atomic mass is 10.0. The zero-order valence-corrected chi connectivity index (χ0v) is 9.49. The molecule has 0 radical (unpaired) electrons. The lowest BCUT2D eigenvalue weighted by Gasteiger charge is -2.22. The smallest absolute Gasteiger partial charge is 0.313 e. The molecule has 1 unspecified atom stereocenters. The number of fused-ring (bicyclic) bond motifs is 1. The van der Waals surface area contributed by atoms with Crippen molar-refractivity contribution in [2.45, 2.75) is 5.25 Å². The van der Waals surface area contributed by atoms with Gasteiger partial charge in [0.05, 0.1) is 11.4 Å². The van der Waals surface area contributed by atoms with Gasteiger partial charge < -0.3 is 10.4 Å². The fourth-order valence-electron chi connectivity index (χ4n) is 1.57. The van der Waals surface area contributed by atoms with E-state index in [0.29, 0.717) is 11.3 Å². The molecule has 0 aromatic heterocycles. The van der Waals surface area contributed by atoms with Gasteiger partial charge in [0.1, 0.15) is 5.25 Å². The first-order valence-electron chi connectivity index (χ1n) is 4.87. The molecular weight excluding hydrogens is 242 g/mol. The molecule has 88 valence electrons. The van der Waals surface area contributed by atoms with Crippen molar-refractivity contribution in [1.29, 1.82) is 0 Å². The van der Waals surface area contributed by atoms with E-state index in [9.17, 15) is 14.4 Å². The Labute approximate surface area is 101 Å². The number of carboxylic acids is 1. The summed E-state index contributed by atoms with van der Waals surface area (Å²) in [7, 11) is 0. The summed E-state index contributed by atoms with van der Waals surface area (Å²) in [6.45, 7) is 0. The number of carboxylic acid groups (broad SMARTS) is 1. The van der Waals surface area contributed by atoms with E-state index in [2.05, 4.69) is 5.32 Å². The third-order valence-corrected chi connectivity index (χ3v) is 3.48. The molecule has 1 amide bonds. The molecular formula is C11H9NO4S. The molecule has 0 aliphatic carbocycles. The number of hydrogen-bond acceptors (Lipinski definition) is 4. The standard InChI is InChI=1S/C11H9NO4S/c13-8(14)5-17-10-9(15)6-3-1-2-4-7(6)12-11(10)16/h1-4,10H,5H2,(H,12,16)(H,13,14). The van der Waals surface area contributed by atoms with Crippen molar-refractivity contribution >= 4 is 35.1 Å². The largest absolute Gasteiger partial charge is 0.481 e. The summed E-state index contributed by atoms with van der Waals surface area (Å²) in [4.78, 5) is 34.0. The molecule has 0 saturated heterocycles. The van der Waals surface area contributed by atoms with E-state index in [1.54, 1.807) is 24.3 Å². The Kier molecular flexibility index (Phi) is 3.14. The van der Waals surface area contributed by atoms with Gasteiger partial charge in [0.15, 0.2) is 5.78 Å². The van der Waals surface area contributed by atoms with Gasteiger partial charge in [-0.05, 0) is 12.1 Å². The number of ketones is 1. The summed E-state index contributed by atoms with van der Waals surface area (Å²) < 4.78 is 0. The minimum absolute atomic E-state index is 0.272. The molecule has 0 bridgehead atoms. The quantitative estimate of drug-likeness (QED) is 0.783. The lowest BCUT2D eigenvalue weighted by Crippen LogP contribution is -2.38. The van der Waals surface area contributed by atoms with Crippen LogP contribution in [0.3, 0.4) is 0 Å². The van der Waals surface area contributed by atoms with Crippen LogP contribution in [0.5, 0.6) is 0 Å². The Morgan fingerprint density at radius 3 is 2.76 bits per heavy atom. The molecule has 0 fully saturated rings. The molecule has 1 aromatic rings. The summed E-state index contributed by atoms with van der Waals surface area (Å²) in [5, 5.41) is 10.2. The van der Waals surface area contributed by atoms with Crippen molar-refractivity contribution in [2.24, 2.45) is 0 Å². The van der Waals surface area contributed by atoms with Gasteiger partial charge >= 0.3 is 5.97 Å². The van der Waals surface area contributed by atoms with Crippen LogP contribution in [0.4, 0.5) is 5.69 Å². The van der Waals surface area contributed by atoms with Gasteiger partial charge in [0.25, 0.3) is 0 Å². The van der Waals surface area contributed by atoms with E-state index in [-0.39, 0.29) is 11.5 Å². The van der Waals surface area contributed by atoms with E-state index in [0.717, 1.165) is 11.8 Å². The maximum Gasteiger partial charge on any atom is 0.313 e. The third kappa shape index (κ3) is 2.31. The molecule has 1 aliphatic heterocycles. The minimum atomic E-state index is -1.05. The molecule has 6 heteroatoms. The van der Waals surface area contributed by atoms with Gasteiger partial charge in [0.2, 0.25) is 5.91 Å². The molecule has 1 heterocycles. The van der Waals surface area contributed by atoms with Crippen molar-refractivity contribution < 1.29 is 19.5 Å². The first-order chi connectivity index (χ1) is 8.09. The van der Waals surface area contributed by atoms with E-state index < -0.39 is 17.1 Å². The van der Waals surface area contributed by atoms with Crippen LogP contribution in [0, 0.1) is 0 Å². The fraction of sp³-hybridized carbons (Fsp3) is 0.182. The molecule has 0 spiro atoms. The van der Waals surface area contributed by atoms with Crippen LogP contribution in [-0.4, -0.2) is 33.8 Å². The Morgan fingerprint density at radius 1 is 1.35 bits per heavy atom. The van der Waals surface area contributed by atoms with Crippen LogP contribution >= 0.6 is 11.8 Å². The third-order valence-electron chi connectivity index (χ3n) is 2.30. The monoisotopic (exact) mass is 251 g/mol. The number of rotatable bonds is 3. The molecule has 1 aromatic carbocycles. The van der Waals surface area contributed by atoms with Gasteiger partial charge in [-0.15, -0.1) is 11.8 Å². The maximum atomic E-state index is 12.0. The number of nitrogens with one attached hydrogen (secondary N) is 1. The topological polar surface area (TPSA) is 83.5 Å². The summed E-state index contributed by atoms with van der Waals surface area (Å²) in [5.74, 6) is -2.11. The number of anilines is 1. The molecule has 2 N–H and O–H groups in total. The summed E-state index contributed by atoms with van der Waals surface area (Å²) in [5.41, 5.74) is 0.907. The van der Waals surface area contributed by atoms with Crippen molar-refractivity contribution in [3.05, 3.63) is 29.8 Å².